The van der Waals surface area contributed by atoms with Gasteiger partial charge in [0.15, 0.2) is 11.6 Å². The number of rotatable bonds is 7. The van der Waals surface area contributed by atoms with Crippen LogP contribution in [0.1, 0.15) is 101 Å². The topological polar surface area (TPSA) is 143 Å². The minimum Gasteiger partial charge on any atom is -0.481 e. The fourth-order valence-corrected chi connectivity index (χ4v) is 8.93. The molecule has 4 N–H and O–H groups in total. The quantitative estimate of drug-likeness (QED) is 0.159. The highest BCUT2D eigenvalue weighted by Gasteiger charge is 2.39. The van der Waals surface area contributed by atoms with Crippen LogP contribution in [0.15, 0.2) is 36.4 Å². The van der Waals surface area contributed by atoms with Crippen LogP contribution >= 0.6 is 11.6 Å². The molecule has 11 nitrogen and oxygen atoms in total. The second-order valence-electron chi connectivity index (χ2n) is 15.2. The monoisotopic (exact) mass is 725 g/mol. The van der Waals surface area contributed by atoms with Crippen LogP contribution in [-0.4, -0.2) is 48.5 Å². The second-order valence-corrected chi connectivity index (χ2v) is 15.5. The molecule has 0 saturated heterocycles. The zero-order valence-electron chi connectivity index (χ0n) is 30.4. The largest absolute Gasteiger partial charge is 0.481 e. The first-order valence-corrected chi connectivity index (χ1v) is 18.9. The summed E-state index contributed by atoms with van der Waals surface area (Å²) >= 11 is 7.01. The van der Waals surface area contributed by atoms with E-state index < -0.39 is 11.4 Å². The zero-order chi connectivity index (χ0) is 36.7. The Hall–Kier alpha value is -4.48. The number of carboxylic acid groups (broad SMARTS) is 1. The Morgan fingerprint density at radius 2 is 1.42 bits per heavy atom. The van der Waals surface area contributed by atoms with Gasteiger partial charge in [-0.3, -0.25) is 14.4 Å². The molecule has 0 radical (unpaired) electrons. The smallest absolute Gasteiger partial charge is 0.309 e. The summed E-state index contributed by atoms with van der Waals surface area (Å²) in [6.07, 6.45) is 8.98. The summed E-state index contributed by atoms with van der Waals surface area (Å²) in [5, 5.41) is 19.5. The fraction of sp³-hybridized carbons (Fsp3) is 0.475. The molecule has 3 aliphatic rings. The van der Waals surface area contributed by atoms with Gasteiger partial charge in [0.25, 0.3) is 11.8 Å². The van der Waals surface area contributed by atoms with Crippen LogP contribution in [0.4, 0.5) is 11.4 Å². The first-order valence-electron chi connectivity index (χ1n) is 18.5. The molecule has 0 spiro atoms. The van der Waals surface area contributed by atoms with Crippen molar-refractivity contribution in [3.63, 3.8) is 0 Å². The van der Waals surface area contributed by atoms with E-state index in [4.69, 9.17) is 16.6 Å². The predicted octanol–water partition coefficient (Wildman–Crippen LogP) is 7.10. The van der Waals surface area contributed by atoms with Gasteiger partial charge in [-0.05, 0) is 107 Å². The number of carbonyl (C=O) groups is 3. The van der Waals surface area contributed by atoms with Crippen molar-refractivity contribution in [3.05, 3.63) is 81.4 Å². The Labute approximate surface area is 309 Å². The normalized spacial score (nSPS) is 21.7. The van der Waals surface area contributed by atoms with Crippen molar-refractivity contribution in [2.24, 2.45) is 31.3 Å². The predicted molar refractivity (Wildman–Crippen MR) is 202 cm³/mol. The number of anilines is 2. The van der Waals surface area contributed by atoms with E-state index in [1.807, 2.05) is 67.4 Å². The van der Waals surface area contributed by atoms with Gasteiger partial charge in [0.05, 0.1) is 27.5 Å². The van der Waals surface area contributed by atoms with Gasteiger partial charge in [0.2, 0.25) is 0 Å². The molecule has 3 heterocycles. The SMILES string of the molecule is Cc1c(NC(=O)c2nc3c(n2C)CCNC3)cccc1-c1cccc(NC(=O)c2nc3c(n2C)CCC(C2CCC(C)(C(=O)O)CC2)CCC3)c1Cl. The number of hydrogen-bond donors (Lipinski definition) is 4. The van der Waals surface area contributed by atoms with E-state index >= 15 is 0 Å². The number of aliphatic carboxylic acids is 1. The van der Waals surface area contributed by atoms with Gasteiger partial charge in [-0.2, -0.15) is 0 Å². The number of imidazole rings is 2. The summed E-state index contributed by atoms with van der Waals surface area (Å²) in [4.78, 5) is 48.4. The maximum Gasteiger partial charge on any atom is 0.309 e. The molecule has 2 aliphatic carbocycles. The lowest BCUT2D eigenvalue weighted by Gasteiger charge is -2.38. The van der Waals surface area contributed by atoms with Crippen molar-refractivity contribution < 1.29 is 19.5 Å². The number of aryl methyl sites for hydroxylation is 1. The number of carboxylic acids is 1. The Morgan fingerprint density at radius 3 is 2.10 bits per heavy atom. The Bertz CT molecular complexity index is 2040. The van der Waals surface area contributed by atoms with E-state index in [1.54, 1.807) is 6.07 Å². The lowest BCUT2D eigenvalue weighted by molar-refractivity contribution is -0.150. The van der Waals surface area contributed by atoms with Crippen LogP contribution in [0.3, 0.4) is 0 Å². The molecule has 2 aromatic heterocycles. The van der Waals surface area contributed by atoms with Crippen molar-refractivity contribution in [3.8, 4) is 11.1 Å². The number of halogens is 1. The number of carbonyl (C=O) groups excluding carboxylic acids is 2. The first-order chi connectivity index (χ1) is 24.9. The van der Waals surface area contributed by atoms with E-state index in [0.717, 1.165) is 110 Å². The first kappa shape index (κ1) is 35.9. The van der Waals surface area contributed by atoms with Crippen molar-refractivity contribution in [2.45, 2.75) is 84.6 Å². The standard InChI is InChI=1S/C40H48ClN7O4/c1-23-26(9-6-11-28(23)45-37(49)36-44-31-22-42-21-18-33(31)48(36)4)27-10-7-13-30(34(27)41)46-38(50)35-43-29-12-5-8-24(14-15-32(29)47(35)3)25-16-19-40(2,20-17-25)39(51)52/h6-7,9-11,13,24-25,42H,5,8,12,14-22H2,1-4H3,(H,45,49)(H,46,50)(H,51,52). The molecule has 12 heteroatoms. The number of fused-ring (bicyclic) bond motifs is 2. The number of hydrogen-bond acceptors (Lipinski definition) is 6. The molecular weight excluding hydrogens is 678 g/mol. The third kappa shape index (κ3) is 6.76. The Morgan fingerprint density at radius 1 is 0.827 bits per heavy atom. The van der Waals surface area contributed by atoms with Crippen molar-refractivity contribution in [2.75, 3.05) is 17.2 Å². The number of benzene rings is 2. The van der Waals surface area contributed by atoms with Gasteiger partial charge < -0.3 is 30.2 Å². The lowest BCUT2D eigenvalue weighted by Crippen LogP contribution is -2.34. The molecule has 1 saturated carbocycles. The van der Waals surface area contributed by atoms with Crippen LogP contribution in [-0.2, 0) is 44.7 Å². The van der Waals surface area contributed by atoms with Gasteiger partial charge in [-0.15, -0.1) is 0 Å². The lowest BCUT2D eigenvalue weighted by atomic mass is 9.66. The van der Waals surface area contributed by atoms with Gasteiger partial charge in [-0.1, -0.05) is 35.9 Å². The van der Waals surface area contributed by atoms with Crippen molar-refractivity contribution in [1.82, 2.24) is 24.4 Å². The van der Waals surface area contributed by atoms with E-state index in [0.29, 0.717) is 46.4 Å². The van der Waals surface area contributed by atoms with E-state index in [2.05, 4.69) is 20.9 Å². The van der Waals surface area contributed by atoms with E-state index in [9.17, 15) is 19.5 Å². The van der Waals surface area contributed by atoms with Gasteiger partial charge in [0, 0.05) is 56.2 Å². The highest BCUT2D eigenvalue weighted by molar-refractivity contribution is 6.36. The Balaban J connectivity index is 1.05. The summed E-state index contributed by atoms with van der Waals surface area (Å²) in [5.41, 5.74) is 7.00. The molecule has 7 rings (SSSR count). The van der Waals surface area contributed by atoms with Gasteiger partial charge in [0.1, 0.15) is 0 Å². The summed E-state index contributed by atoms with van der Waals surface area (Å²) in [6, 6.07) is 11.2. The fourth-order valence-electron chi connectivity index (χ4n) is 8.65. The summed E-state index contributed by atoms with van der Waals surface area (Å²) in [7, 11) is 3.79. The van der Waals surface area contributed by atoms with E-state index in [1.165, 1.54) is 0 Å². The molecule has 1 atom stereocenters. The zero-order valence-corrected chi connectivity index (χ0v) is 31.2. The summed E-state index contributed by atoms with van der Waals surface area (Å²) < 4.78 is 3.81. The maximum absolute atomic E-state index is 13.8. The third-order valence-electron chi connectivity index (χ3n) is 12.0. The molecule has 2 amide bonds. The highest BCUT2D eigenvalue weighted by atomic mass is 35.5. The number of nitrogens with one attached hydrogen (secondary N) is 3. The molecule has 2 aromatic carbocycles. The third-order valence-corrected chi connectivity index (χ3v) is 12.4. The summed E-state index contributed by atoms with van der Waals surface area (Å²) in [5.74, 6) is 0.545. The van der Waals surface area contributed by atoms with E-state index in [-0.39, 0.29) is 11.8 Å². The number of nitrogens with zero attached hydrogens (tertiary/aromatic N) is 4. The van der Waals surface area contributed by atoms with Gasteiger partial charge >= 0.3 is 5.97 Å². The average Bonchev–Trinajstić information content (AvgIpc) is 3.62. The van der Waals surface area contributed by atoms with Crippen LogP contribution in [0.25, 0.3) is 11.1 Å². The number of aromatic nitrogens is 4. The molecule has 0 bridgehead atoms. The van der Waals surface area contributed by atoms with Crippen LogP contribution in [0, 0.1) is 24.2 Å². The van der Waals surface area contributed by atoms with Crippen molar-refractivity contribution >= 4 is 40.8 Å². The van der Waals surface area contributed by atoms with Gasteiger partial charge in [-0.25, -0.2) is 9.97 Å². The molecular formula is C40H48ClN7O4. The maximum atomic E-state index is 13.8. The molecule has 4 aromatic rings. The highest BCUT2D eigenvalue weighted by Crippen LogP contribution is 2.44. The minimum atomic E-state index is -0.676. The molecule has 1 unspecified atom stereocenters. The number of amides is 2. The van der Waals surface area contributed by atoms with Crippen LogP contribution in [0.5, 0.6) is 0 Å². The molecule has 1 aliphatic heterocycles. The Kier molecular flexibility index (Phi) is 10.0. The molecule has 274 valence electrons. The van der Waals surface area contributed by atoms with Crippen LogP contribution in [0.2, 0.25) is 5.02 Å². The van der Waals surface area contributed by atoms with Crippen LogP contribution < -0.4 is 16.0 Å². The summed E-state index contributed by atoms with van der Waals surface area (Å²) in [6.45, 7) is 5.34. The molecule has 1 fully saturated rings. The molecule has 52 heavy (non-hydrogen) atoms. The average molecular weight is 726 g/mol. The van der Waals surface area contributed by atoms with Crippen molar-refractivity contribution in [1.29, 1.82) is 0 Å². The minimum absolute atomic E-state index is 0.277. The second kappa shape index (κ2) is 14.5.